The summed E-state index contributed by atoms with van der Waals surface area (Å²) in [5.74, 6) is 1.43. The summed E-state index contributed by atoms with van der Waals surface area (Å²) in [5.41, 5.74) is 1.24. The third-order valence-electron chi connectivity index (χ3n) is 5.59. The van der Waals surface area contributed by atoms with Crippen molar-refractivity contribution in [3.05, 3.63) is 23.8 Å². The third kappa shape index (κ3) is 6.92. The van der Waals surface area contributed by atoms with Gasteiger partial charge in [-0.15, -0.1) is 0 Å². The molecule has 0 amide bonds. The molecule has 3 rings (SSSR count). The number of hydrogen-bond donors (Lipinski definition) is 1. The first kappa shape index (κ1) is 21.4. The van der Waals surface area contributed by atoms with Crippen molar-refractivity contribution < 1.29 is 19.3 Å². The molecule has 0 aromatic heterocycles. The maximum absolute atomic E-state index is 10.4. The molecule has 2 fully saturated rings. The summed E-state index contributed by atoms with van der Waals surface area (Å²) in [5, 5.41) is 10.4. The number of aliphatic hydroxyl groups is 1. The fraction of sp³-hybridized carbons (Fsp3) is 0.727. The Morgan fingerprint density at radius 2 is 1.68 bits per heavy atom. The van der Waals surface area contributed by atoms with Gasteiger partial charge in [-0.05, 0) is 43.6 Å². The molecule has 1 atom stereocenters. The number of aliphatic hydroxyl groups excluding tert-OH is 1. The van der Waals surface area contributed by atoms with Crippen molar-refractivity contribution in [3.8, 4) is 11.5 Å². The quantitative estimate of drug-likeness (QED) is 0.734. The summed E-state index contributed by atoms with van der Waals surface area (Å²) >= 11 is 0. The Labute approximate surface area is 169 Å². The highest BCUT2D eigenvalue weighted by Crippen LogP contribution is 2.29. The Kier molecular flexibility index (Phi) is 8.86. The van der Waals surface area contributed by atoms with E-state index < -0.39 is 6.10 Å². The summed E-state index contributed by atoms with van der Waals surface area (Å²) in [4.78, 5) is 4.76. The van der Waals surface area contributed by atoms with Crippen LogP contribution in [0.3, 0.4) is 0 Å². The van der Waals surface area contributed by atoms with Crippen LogP contribution in [0, 0.1) is 0 Å². The van der Waals surface area contributed by atoms with Gasteiger partial charge in [0.2, 0.25) is 0 Å². The molecule has 0 saturated carbocycles. The first-order chi connectivity index (χ1) is 13.7. The Hall–Kier alpha value is -1.34. The minimum atomic E-state index is -0.527. The summed E-state index contributed by atoms with van der Waals surface area (Å²) < 4.78 is 16.8. The van der Waals surface area contributed by atoms with E-state index >= 15 is 0 Å². The van der Waals surface area contributed by atoms with Gasteiger partial charge >= 0.3 is 0 Å². The fourth-order valence-corrected chi connectivity index (χ4v) is 3.98. The van der Waals surface area contributed by atoms with Gasteiger partial charge in [-0.2, -0.15) is 0 Å². The number of likely N-dealkylation sites (tertiary alicyclic amines) is 1. The number of nitrogens with zero attached hydrogens (tertiary/aromatic N) is 2. The zero-order chi connectivity index (χ0) is 19.6. The molecule has 1 N–H and O–H groups in total. The first-order valence-corrected chi connectivity index (χ1v) is 10.7. The van der Waals surface area contributed by atoms with Crippen molar-refractivity contribution in [2.24, 2.45) is 0 Å². The molecular formula is C22H36N2O4. The first-order valence-electron chi connectivity index (χ1n) is 10.7. The van der Waals surface area contributed by atoms with Crippen LogP contribution >= 0.6 is 0 Å². The lowest BCUT2D eigenvalue weighted by Gasteiger charge is -2.28. The van der Waals surface area contributed by atoms with Crippen LogP contribution in [0.15, 0.2) is 18.2 Å². The summed E-state index contributed by atoms with van der Waals surface area (Å²) in [6, 6.07) is 6.16. The van der Waals surface area contributed by atoms with Gasteiger partial charge in [0, 0.05) is 26.2 Å². The maximum Gasteiger partial charge on any atom is 0.161 e. The van der Waals surface area contributed by atoms with Crippen LogP contribution in [-0.4, -0.2) is 80.7 Å². The molecule has 6 nitrogen and oxygen atoms in total. The van der Waals surface area contributed by atoms with Crippen molar-refractivity contribution in [1.29, 1.82) is 0 Å². The highest BCUT2D eigenvalue weighted by Gasteiger charge is 2.17. The Bertz CT molecular complexity index is 570. The van der Waals surface area contributed by atoms with Crippen molar-refractivity contribution >= 4 is 0 Å². The van der Waals surface area contributed by atoms with E-state index in [1.807, 2.05) is 6.07 Å². The average molecular weight is 393 g/mol. The molecule has 6 heteroatoms. The van der Waals surface area contributed by atoms with Gasteiger partial charge in [-0.1, -0.05) is 25.3 Å². The molecule has 1 unspecified atom stereocenters. The van der Waals surface area contributed by atoms with Crippen LogP contribution in [0.1, 0.15) is 37.7 Å². The maximum atomic E-state index is 10.4. The standard InChI is InChI=1S/C22H36N2O4/c1-26-21-8-7-19(16-23-9-5-3-2-4-6-10-23)15-22(21)28-18-20(25)17-24-11-13-27-14-12-24/h7-8,15,20,25H,2-6,9-14,16-18H2,1H3. The molecule has 1 aromatic rings. The van der Waals surface area contributed by atoms with Gasteiger partial charge in [0.15, 0.2) is 11.5 Å². The van der Waals surface area contributed by atoms with Crippen molar-refractivity contribution in [2.75, 3.05) is 59.7 Å². The second-order valence-electron chi connectivity index (χ2n) is 7.91. The number of β-amino-alcohol motifs (C(OH)–C–C–N with tert-alkyl or cyclic N) is 1. The largest absolute Gasteiger partial charge is 0.493 e. The van der Waals surface area contributed by atoms with Gasteiger partial charge in [-0.3, -0.25) is 9.80 Å². The molecule has 0 spiro atoms. The van der Waals surface area contributed by atoms with E-state index in [0.29, 0.717) is 12.3 Å². The summed E-state index contributed by atoms with van der Waals surface area (Å²) in [6.07, 6.45) is 6.10. The Morgan fingerprint density at radius 3 is 2.39 bits per heavy atom. The van der Waals surface area contributed by atoms with E-state index in [4.69, 9.17) is 14.2 Å². The molecule has 2 aliphatic rings. The molecule has 2 aliphatic heterocycles. The zero-order valence-corrected chi connectivity index (χ0v) is 17.3. The lowest BCUT2D eigenvalue weighted by molar-refractivity contribution is 0.00444. The van der Waals surface area contributed by atoms with Crippen LogP contribution in [0.4, 0.5) is 0 Å². The molecule has 0 bridgehead atoms. The normalized spacial score (nSPS) is 20.9. The van der Waals surface area contributed by atoms with Gasteiger partial charge in [0.25, 0.3) is 0 Å². The van der Waals surface area contributed by atoms with E-state index in [0.717, 1.165) is 38.6 Å². The fourth-order valence-electron chi connectivity index (χ4n) is 3.98. The zero-order valence-electron chi connectivity index (χ0n) is 17.3. The van der Waals surface area contributed by atoms with Crippen molar-refractivity contribution in [2.45, 2.75) is 44.8 Å². The van der Waals surface area contributed by atoms with E-state index in [9.17, 15) is 5.11 Å². The Morgan fingerprint density at radius 1 is 0.964 bits per heavy atom. The minimum absolute atomic E-state index is 0.265. The lowest BCUT2D eigenvalue weighted by atomic mass is 10.1. The van der Waals surface area contributed by atoms with E-state index in [2.05, 4.69) is 21.9 Å². The van der Waals surface area contributed by atoms with E-state index in [-0.39, 0.29) is 6.61 Å². The smallest absolute Gasteiger partial charge is 0.161 e. The molecule has 158 valence electrons. The SMILES string of the molecule is COc1ccc(CN2CCCCCCC2)cc1OCC(O)CN1CCOCC1. The van der Waals surface area contributed by atoms with E-state index in [1.54, 1.807) is 7.11 Å². The number of benzene rings is 1. The van der Waals surface area contributed by atoms with Crippen molar-refractivity contribution in [1.82, 2.24) is 9.80 Å². The van der Waals surface area contributed by atoms with Gasteiger partial charge in [0.05, 0.1) is 20.3 Å². The monoisotopic (exact) mass is 392 g/mol. The number of hydrogen-bond acceptors (Lipinski definition) is 6. The number of morpholine rings is 1. The number of methoxy groups -OCH3 is 1. The predicted octanol–water partition coefficient (Wildman–Crippen LogP) is 2.53. The summed E-state index contributed by atoms with van der Waals surface area (Å²) in [6.45, 7) is 7.36. The third-order valence-corrected chi connectivity index (χ3v) is 5.59. The topological polar surface area (TPSA) is 54.4 Å². The highest BCUT2D eigenvalue weighted by atomic mass is 16.5. The van der Waals surface area contributed by atoms with Crippen molar-refractivity contribution in [3.63, 3.8) is 0 Å². The molecule has 0 aliphatic carbocycles. The minimum Gasteiger partial charge on any atom is -0.493 e. The van der Waals surface area contributed by atoms with Gasteiger partial charge in [0.1, 0.15) is 12.7 Å². The average Bonchev–Trinajstić information content (AvgIpc) is 2.69. The number of rotatable bonds is 8. The van der Waals surface area contributed by atoms with Gasteiger partial charge < -0.3 is 19.3 Å². The molecule has 0 radical (unpaired) electrons. The predicted molar refractivity (Wildman–Crippen MR) is 110 cm³/mol. The van der Waals surface area contributed by atoms with Crippen LogP contribution in [0.2, 0.25) is 0 Å². The second kappa shape index (κ2) is 11.6. The number of ether oxygens (including phenoxy) is 3. The molecule has 1 aromatic carbocycles. The molecule has 2 heterocycles. The van der Waals surface area contributed by atoms with Crippen LogP contribution < -0.4 is 9.47 Å². The molecular weight excluding hydrogens is 356 g/mol. The van der Waals surface area contributed by atoms with Crippen LogP contribution in [0.5, 0.6) is 11.5 Å². The molecule has 2 saturated heterocycles. The summed E-state index contributed by atoms with van der Waals surface area (Å²) in [7, 11) is 1.66. The lowest BCUT2D eigenvalue weighted by Crippen LogP contribution is -2.42. The molecule has 28 heavy (non-hydrogen) atoms. The van der Waals surface area contributed by atoms with Gasteiger partial charge in [-0.25, -0.2) is 0 Å². The van der Waals surface area contributed by atoms with Crippen LogP contribution in [-0.2, 0) is 11.3 Å². The Balaban J connectivity index is 1.54. The van der Waals surface area contributed by atoms with Crippen LogP contribution in [0.25, 0.3) is 0 Å². The second-order valence-corrected chi connectivity index (χ2v) is 7.91. The highest BCUT2D eigenvalue weighted by molar-refractivity contribution is 5.43. The van der Waals surface area contributed by atoms with E-state index in [1.165, 1.54) is 50.8 Å².